The Bertz CT molecular complexity index is 1530. The van der Waals surface area contributed by atoms with Crippen LogP contribution in [0.5, 0.6) is 0 Å². The van der Waals surface area contributed by atoms with Crippen molar-refractivity contribution >= 4 is 34.5 Å². The highest BCUT2D eigenvalue weighted by Crippen LogP contribution is 2.27. The molecule has 4 amide bonds. The number of aromatic nitrogens is 1. The Morgan fingerprint density at radius 1 is 0.816 bits per heavy atom. The van der Waals surface area contributed by atoms with Crippen LogP contribution in [0, 0.1) is 17.3 Å². The first kappa shape index (κ1) is 39.1. The molecular formula is C39H55N5O5. The lowest BCUT2D eigenvalue weighted by atomic mass is 9.82. The molecule has 0 bridgehead atoms. The van der Waals surface area contributed by atoms with Crippen LogP contribution in [0.3, 0.4) is 0 Å². The molecule has 0 aliphatic rings. The number of pyridine rings is 1. The maximum Gasteiger partial charge on any atom is 0.270 e. The van der Waals surface area contributed by atoms with Crippen LogP contribution in [0.2, 0.25) is 0 Å². The molecule has 10 nitrogen and oxygen atoms in total. The topological polar surface area (TPSA) is 150 Å². The molecule has 3 rings (SSSR count). The van der Waals surface area contributed by atoms with Crippen molar-refractivity contribution in [1.29, 1.82) is 0 Å². The van der Waals surface area contributed by atoms with Crippen LogP contribution in [-0.2, 0) is 20.8 Å². The molecule has 1 aromatic heterocycles. The number of nitrogens with zero attached hydrogens (tertiary/aromatic N) is 1. The Kier molecular flexibility index (Phi) is 14.7. The predicted molar refractivity (Wildman–Crippen MR) is 194 cm³/mol. The van der Waals surface area contributed by atoms with Gasteiger partial charge in [0.2, 0.25) is 17.7 Å². The van der Waals surface area contributed by atoms with E-state index in [4.69, 9.17) is 0 Å². The smallest absolute Gasteiger partial charge is 0.270 e. The van der Waals surface area contributed by atoms with Gasteiger partial charge in [-0.15, -0.1) is 0 Å². The summed E-state index contributed by atoms with van der Waals surface area (Å²) in [5.41, 5.74) is 1.54. The molecule has 0 spiro atoms. The zero-order valence-electron chi connectivity index (χ0n) is 30.1. The second-order valence-corrected chi connectivity index (χ2v) is 14.4. The number of nitrogens with one attached hydrogen (secondary N) is 4. The van der Waals surface area contributed by atoms with Crippen molar-refractivity contribution in [3.8, 4) is 0 Å². The van der Waals surface area contributed by atoms with Gasteiger partial charge in [-0.3, -0.25) is 19.2 Å². The van der Waals surface area contributed by atoms with Gasteiger partial charge in [-0.2, -0.15) is 0 Å². The van der Waals surface area contributed by atoms with E-state index in [1.165, 1.54) is 0 Å². The quantitative estimate of drug-likeness (QED) is 0.137. The molecule has 0 aliphatic heterocycles. The number of benzene rings is 2. The second kappa shape index (κ2) is 18.5. The summed E-state index contributed by atoms with van der Waals surface area (Å²) in [6.45, 7) is 13.6. The van der Waals surface area contributed by atoms with E-state index < -0.39 is 35.9 Å². The van der Waals surface area contributed by atoms with E-state index in [9.17, 15) is 24.3 Å². The van der Waals surface area contributed by atoms with Crippen LogP contribution in [-0.4, -0.2) is 64.5 Å². The maximum absolute atomic E-state index is 13.7. The van der Waals surface area contributed by atoms with Crippen LogP contribution in [0.25, 0.3) is 10.9 Å². The Balaban J connectivity index is 1.74. The fraction of sp³-hybridized carbons (Fsp3) is 0.513. The minimum atomic E-state index is -1.16. The normalized spacial score (nSPS) is 14.2. The van der Waals surface area contributed by atoms with Gasteiger partial charge in [-0.25, -0.2) is 4.98 Å². The van der Waals surface area contributed by atoms with Gasteiger partial charge >= 0.3 is 0 Å². The summed E-state index contributed by atoms with van der Waals surface area (Å²) >= 11 is 0. The summed E-state index contributed by atoms with van der Waals surface area (Å²) in [6, 6.07) is 18.7. The van der Waals surface area contributed by atoms with Crippen LogP contribution >= 0.6 is 0 Å². The van der Waals surface area contributed by atoms with Crippen molar-refractivity contribution < 1.29 is 24.3 Å². The molecule has 0 saturated heterocycles. The lowest BCUT2D eigenvalue weighted by Gasteiger charge is -2.30. The molecule has 0 fully saturated rings. The molecule has 4 unspecified atom stereocenters. The van der Waals surface area contributed by atoms with E-state index in [1.807, 2.05) is 109 Å². The van der Waals surface area contributed by atoms with Crippen molar-refractivity contribution in [1.82, 2.24) is 26.3 Å². The molecule has 0 radical (unpaired) electrons. The Morgan fingerprint density at radius 2 is 1.47 bits per heavy atom. The van der Waals surface area contributed by atoms with E-state index in [2.05, 4.69) is 26.3 Å². The Labute approximate surface area is 291 Å². The largest absolute Gasteiger partial charge is 0.389 e. The third kappa shape index (κ3) is 12.6. The third-order valence-corrected chi connectivity index (χ3v) is 8.65. The molecule has 3 aromatic rings. The molecule has 5 N–H and O–H groups in total. The number of para-hydroxylation sites is 1. The van der Waals surface area contributed by atoms with Gasteiger partial charge in [0.25, 0.3) is 5.91 Å². The fourth-order valence-corrected chi connectivity index (χ4v) is 5.86. The first-order valence-corrected chi connectivity index (χ1v) is 17.5. The first-order chi connectivity index (χ1) is 23.2. The summed E-state index contributed by atoms with van der Waals surface area (Å²) in [6.07, 6.45) is 1.27. The lowest BCUT2D eigenvalue weighted by Crippen LogP contribution is -2.56. The minimum absolute atomic E-state index is 0.0434. The molecule has 0 aliphatic carbocycles. The first-order valence-electron chi connectivity index (χ1n) is 17.5. The van der Waals surface area contributed by atoms with E-state index in [0.29, 0.717) is 11.9 Å². The highest BCUT2D eigenvalue weighted by Gasteiger charge is 2.32. The predicted octanol–water partition coefficient (Wildman–Crippen LogP) is 4.94. The van der Waals surface area contributed by atoms with Gasteiger partial charge in [0.1, 0.15) is 11.7 Å². The molecule has 4 atom stereocenters. The molecule has 266 valence electrons. The van der Waals surface area contributed by atoms with Crippen molar-refractivity contribution in [3.05, 3.63) is 78.0 Å². The SMILES string of the molecule is CCC(CC)NC(=O)CC(CC(C)(C)C)C(=O)NCC(O)C(Cc1ccccc1)NC(=O)C(NC(=O)c1ccc2ccccc2n1)C(C)C. The minimum Gasteiger partial charge on any atom is -0.389 e. The number of hydrogen-bond donors (Lipinski definition) is 5. The van der Waals surface area contributed by atoms with Gasteiger partial charge in [0, 0.05) is 30.3 Å². The van der Waals surface area contributed by atoms with Crippen molar-refractivity contribution in [2.75, 3.05) is 6.54 Å². The second-order valence-electron chi connectivity index (χ2n) is 14.4. The van der Waals surface area contributed by atoms with Gasteiger partial charge in [-0.1, -0.05) is 103 Å². The number of carbonyl (C=O) groups is 4. The van der Waals surface area contributed by atoms with Crippen molar-refractivity contribution in [2.45, 2.75) is 105 Å². The van der Waals surface area contributed by atoms with Crippen LogP contribution < -0.4 is 21.3 Å². The zero-order valence-corrected chi connectivity index (χ0v) is 30.1. The number of amides is 4. The molecule has 49 heavy (non-hydrogen) atoms. The Hall–Kier alpha value is -4.31. The standard InChI is InChI=1S/C39H55N5O5/c1-8-29(9-2)41-34(46)22-28(23-39(5,6)7)36(47)40-24-33(45)32(21-26-15-11-10-12-16-26)43-38(49)35(25(3)4)44-37(48)31-20-19-27-17-13-14-18-30(27)42-31/h10-20,25,28-29,32-33,35,45H,8-9,21-24H2,1-7H3,(H,40,47)(H,41,46)(H,43,49)(H,44,48). The summed E-state index contributed by atoms with van der Waals surface area (Å²) in [5.74, 6) is -2.30. The average Bonchev–Trinajstić information content (AvgIpc) is 3.06. The number of carbonyl (C=O) groups excluding carboxylic acids is 4. The summed E-state index contributed by atoms with van der Waals surface area (Å²) in [7, 11) is 0. The maximum atomic E-state index is 13.7. The van der Waals surface area contributed by atoms with Gasteiger partial charge < -0.3 is 26.4 Å². The van der Waals surface area contributed by atoms with E-state index in [0.717, 1.165) is 23.8 Å². The summed E-state index contributed by atoms with van der Waals surface area (Å²) < 4.78 is 0. The third-order valence-electron chi connectivity index (χ3n) is 8.65. The van der Waals surface area contributed by atoms with Crippen LogP contribution in [0.1, 0.15) is 90.2 Å². The lowest BCUT2D eigenvalue weighted by molar-refractivity contribution is -0.132. The highest BCUT2D eigenvalue weighted by atomic mass is 16.3. The molecule has 1 heterocycles. The number of fused-ring (bicyclic) bond motifs is 1. The monoisotopic (exact) mass is 673 g/mol. The van der Waals surface area contributed by atoms with E-state index >= 15 is 0 Å². The number of aliphatic hydroxyl groups excluding tert-OH is 1. The molecule has 10 heteroatoms. The number of hydrogen-bond acceptors (Lipinski definition) is 6. The van der Waals surface area contributed by atoms with Crippen LogP contribution in [0.4, 0.5) is 0 Å². The number of aliphatic hydroxyl groups is 1. The zero-order chi connectivity index (χ0) is 36.1. The molecule has 0 saturated carbocycles. The summed E-state index contributed by atoms with van der Waals surface area (Å²) in [5, 5.41) is 24.0. The molecule has 2 aromatic carbocycles. The van der Waals surface area contributed by atoms with Crippen LogP contribution in [0.15, 0.2) is 66.7 Å². The Morgan fingerprint density at radius 3 is 2.10 bits per heavy atom. The van der Waals surface area contributed by atoms with Gasteiger partial charge in [0.05, 0.1) is 17.7 Å². The van der Waals surface area contributed by atoms with Gasteiger partial charge in [-0.05, 0) is 54.7 Å². The van der Waals surface area contributed by atoms with Crippen molar-refractivity contribution in [3.63, 3.8) is 0 Å². The fourth-order valence-electron chi connectivity index (χ4n) is 5.86. The highest BCUT2D eigenvalue weighted by molar-refractivity contribution is 5.98. The average molecular weight is 674 g/mol. The van der Waals surface area contributed by atoms with Gasteiger partial charge in [0.15, 0.2) is 0 Å². The summed E-state index contributed by atoms with van der Waals surface area (Å²) in [4.78, 5) is 57.8. The van der Waals surface area contributed by atoms with E-state index in [1.54, 1.807) is 6.07 Å². The van der Waals surface area contributed by atoms with Crippen molar-refractivity contribution in [2.24, 2.45) is 17.3 Å². The number of rotatable bonds is 17. The van der Waals surface area contributed by atoms with E-state index in [-0.39, 0.29) is 54.3 Å². The molecular weight excluding hydrogens is 618 g/mol.